The SMILES string of the molecule is Cc1cccc(-c2nc(C#N)c(Br)[nH]2)c1. The van der Waals surface area contributed by atoms with Gasteiger partial charge in [-0.25, -0.2) is 4.98 Å². The van der Waals surface area contributed by atoms with Crippen LogP contribution in [0.1, 0.15) is 11.3 Å². The molecule has 0 spiro atoms. The number of aryl methyl sites for hydroxylation is 1. The summed E-state index contributed by atoms with van der Waals surface area (Å²) in [6.45, 7) is 2.02. The van der Waals surface area contributed by atoms with Crippen LogP contribution in [0.25, 0.3) is 11.4 Å². The maximum atomic E-state index is 8.77. The molecular formula is C11H8BrN3. The van der Waals surface area contributed by atoms with E-state index in [1.54, 1.807) is 0 Å². The normalized spacial score (nSPS) is 9.93. The Labute approximate surface area is 95.9 Å². The first-order valence-electron chi connectivity index (χ1n) is 4.43. The van der Waals surface area contributed by atoms with Crippen molar-refractivity contribution in [2.24, 2.45) is 0 Å². The Morgan fingerprint density at radius 2 is 2.27 bits per heavy atom. The van der Waals surface area contributed by atoms with Gasteiger partial charge in [-0.2, -0.15) is 5.26 Å². The van der Waals surface area contributed by atoms with Gasteiger partial charge in [0, 0.05) is 5.56 Å². The summed E-state index contributed by atoms with van der Waals surface area (Å²) in [6.07, 6.45) is 0. The van der Waals surface area contributed by atoms with Crippen LogP contribution in [-0.2, 0) is 0 Å². The molecule has 1 heterocycles. The lowest BCUT2D eigenvalue weighted by molar-refractivity contribution is 1.28. The first kappa shape index (κ1) is 9.94. The van der Waals surface area contributed by atoms with Crippen LogP contribution in [0.15, 0.2) is 28.9 Å². The van der Waals surface area contributed by atoms with Gasteiger partial charge in [0.15, 0.2) is 5.69 Å². The lowest BCUT2D eigenvalue weighted by Crippen LogP contribution is -1.81. The van der Waals surface area contributed by atoms with Gasteiger partial charge in [-0.15, -0.1) is 0 Å². The molecule has 0 fully saturated rings. The van der Waals surface area contributed by atoms with E-state index in [1.807, 2.05) is 37.3 Å². The molecule has 0 saturated carbocycles. The molecule has 4 heteroatoms. The van der Waals surface area contributed by atoms with Crippen molar-refractivity contribution in [3.8, 4) is 17.5 Å². The summed E-state index contributed by atoms with van der Waals surface area (Å²) in [5.41, 5.74) is 2.53. The first-order valence-corrected chi connectivity index (χ1v) is 5.22. The van der Waals surface area contributed by atoms with E-state index >= 15 is 0 Å². The molecule has 0 aliphatic rings. The average Bonchev–Trinajstić information content (AvgIpc) is 2.60. The van der Waals surface area contributed by atoms with Crippen LogP contribution in [-0.4, -0.2) is 9.97 Å². The van der Waals surface area contributed by atoms with Gasteiger partial charge in [-0.05, 0) is 28.9 Å². The Balaban J connectivity index is 2.51. The van der Waals surface area contributed by atoms with Crippen LogP contribution in [0.5, 0.6) is 0 Å². The van der Waals surface area contributed by atoms with Crippen LogP contribution in [0, 0.1) is 18.3 Å². The highest BCUT2D eigenvalue weighted by Crippen LogP contribution is 2.21. The molecule has 15 heavy (non-hydrogen) atoms. The Kier molecular flexibility index (Phi) is 2.57. The van der Waals surface area contributed by atoms with E-state index < -0.39 is 0 Å². The van der Waals surface area contributed by atoms with Crippen molar-refractivity contribution in [1.29, 1.82) is 5.26 Å². The molecule has 0 aliphatic heterocycles. The van der Waals surface area contributed by atoms with E-state index in [2.05, 4.69) is 25.9 Å². The number of imidazole rings is 1. The molecule has 2 aromatic rings. The Bertz CT molecular complexity index is 537. The van der Waals surface area contributed by atoms with Crippen LogP contribution in [0.3, 0.4) is 0 Å². The predicted octanol–water partition coefficient (Wildman–Crippen LogP) is 3.02. The highest BCUT2D eigenvalue weighted by atomic mass is 79.9. The highest BCUT2D eigenvalue weighted by molar-refractivity contribution is 9.10. The summed E-state index contributed by atoms with van der Waals surface area (Å²) in [6, 6.07) is 9.97. The second-order valence-corrected chi connectivity index (χ2v) is 4.02. The zero-order valence-corrected chi connectivity index (χ0v) is 9.67. The molecule has 0 bridgehead atoms. The van der Waals surface area contributed by atoms with Gasteiger partial charge >= 0.3 is 0 Å². The summed E-state index contributed by atoms with van der Waals surface area (Å²) in [5, 5.41) is 8.77. The van der Waals surface area contributed by atoms with E-state index in [0.717, 1.165) is 5.56 Å². The number of rotatable bonds is 1. The summed E-state index contributed by atoms with van der Waals surface area (Å²) in [7, 11) is 0. The zero-order chi connectivity index (χ0) is 10.8. The van der Waals surface area contributed by atoms with Crippen molar-refractivity contribution in [3.05, 3.63) is 40.1 Å². The number of aromatic amines is 1. The molecular weight excluding hydrogens is 254 g/mol. The van der Waals surface area contributed by atoms with Gasteiger partial charge in [0.05, 0.1) is 0 Å². The van der Waals surface area contributed by atoms with Gasteiger partial charge in [-0.3, -0.25) is 0 Å². The van der Waals surface area contributed by atoms with Gasteiger partial charge in [0.1, 0.15) is 16.5 Å². The largest absolute Gasteiger partial charge is 0.332 e. The Hall–Kier alpha value is -1.60. The molecule has 0 atom stereocenters. The van der Waals surface area contributed by atoms with Crippen LogP contribution in [0.2, 0.25) is 0 Å². The number of hydrogen-bond acceptors (Lipinski definition) is 2. The van der Waals surface area contributed by atoms with Crippen LogP contribution >= 0.6 is 15.9 Å². The van der Waals surface area contributed by atoms with E-state index in [4.69, 9.17) is 5.26 Å². The molecule has 3 nitrogen and oxygen atoms in total. The fourth-order valence-corrected chi connectivity index (χ4v) is 1.72. The summed E-state index contributed by atoms with van der Waals surface area (Å²) < 4.78 is 0.626. The molecule has 1 N–H and O–H groups in total. The number of nitrogens with zero attached hydrogens (tertiary/aromatic N) is 2. The van der Waals surface area contributed by atoms with Crippen molar-refractivity contribution in [1.82, 2.24) is 9.97 Å². The van der Waals surface area contributed by atoms with E-state index in [-0.39, 0.29) is 0 Å². The zero-order valence-electron chi connectivity index (χ0n) is 8.08. The maximum absolute atomic E-state index is 8.77. The average molecular weight is 262 g/mol. The van der Waals surface area contributed by atoms with Crippen molar-refractivity contribution in [2.45, 2.75) is 6.92 Å². The summed E-state index contributed by atoms with van der Waals surface area (Å²) in [5.74, 6) is 0.710. The van der Waals surface area contributed by atoms with E-state index in [0.29, 0.717) is 16.1 Å². The molecule has 0 saturated heterocycles. The monoisotopic (exact) mass is 261 g/mol. The number of H-pyrrole nitrogens is 1. The predicted molar refractivity (Wildman–Crippen MR) is 61.2 cm³/mol. The molecule has 0 unspecified atom stereocenters. The van der Waals surface area contributed by atoms with Crippen molar-refractivity contribution < 1.29 is 0 Å². The number of halogens is 1. The van der Waals surface area contributed by atoms with Crippen LogP contribution in [0.4, 0.5) is 0 Å². The first-order chi connectivity index (χ1) is 7.20. The molecule has 0 amide bonds. The summed E-state index contributed by atoms with van der Waals surface area (Å²) >= 11 is 3.25. The molecule has 2 rings (SSSR count). The summed E-state index contributed by atoms with van der Waals surface area (Å²) in [4.78, 5) is 7.20. The second kappa shape index (κ2) is 3.87. The minimum Gasteiger partial charge on any atom is -0.332 e. The number of nitrogens with one attached hydrogen (secondary N) is 1. The topological polar surface area (TPSA) is 52.5 Å². The maximum Gasteiger partial charge on any atom is 0.173 e. The highest BCUT2D eigenvalue weighted by Gasteiger charge is 2.08. The minimum atomic E-state index is 0.381. The molecule has 0 radical (unpaired) electrons. The van der Waals surface area contributed by atoms with Crippen molar-refractivity contribution in [2.75, 3.05) is 0 Å². The Morgan fingerprint density at radius 3 is 2.87 bits per heavy atom. The fourth-order valence-electron chi connectivity index (χ4n) is 1.36. The molecule has 0 aliphatic carbocycles. The van der Waals surface area contributed by atoms with E-state index in [9.17, 15) is 0 Å². The minimum absolute atomic E-state index is 0.381. The number of hydrogen-bond donors (Lipinski definition) is 1. The third-order valence-electron chi connectivity index (χ3n) is 2.06. The lowest BCUT2D eigenvalue weighted by Gasteiger charge is -1.97. The van der Waals surface area contributed by atoms with Crippen molar-refractivity contribution >= 4 is 15.9 Å². The van der Waals surface area contributed by atoms with Gasteiger partial charge in [0.25, 0.3) is 0 Å². The third kappa shape index (κ3) is 1.92. The van der Waals surface area contributed by atoms with Crippen LogP contribution < -0.4 is 0 Å². The molecule has 1 aromatic heterocycles. The third-order valence-corrected chi connectivity index (χ3v) is 2.63. The number of nitriles is 1. The van der Waals surface area contributed by atoms with Gasteiger partial charge in [0.2, 0.25) is 0 Å². The molecule has 74 valence electrons. The Morgan fingerprint density at radius 1 is 1.47 bits per heavy atom. The number of aromatic nitrogens is 2. The second-order valence-electron chi connectivity index (χ2n) is 3.23. The van der Waals surface area contributed by atoms with E-state index in [1.165, 1.54) is 5.56 Å². The standard InChI is InChI=1S/C11H8BrN3/c1-7-3-2-4-8(5-7)11-14-9(6-13)10(12)15-11/h2-5H,1H3,(H,14,15). The van der Waals surface area contributed by atoms with Gasteiger partial charge in [-0.1, -0.05) is 23.8 Å². The fraction of sp³-hybridized carbons (Fsp3) is 0.0909. The number of benzene rings is 1. The smallest absolute Gasteiger partial charge is 0.173 e. The van der Waals surface area contributed by atoms with Gasteiger partial charge < -0.3 is 4.98 Å². The quantitative estimate of drug-likeness (QED) is 0.858. The lowest BCUT2D eigenvalue weighted by atomic mass is 10.1. The molecule has 1 aromatic carbocycles. The van der Waals surface area contributed by atoms with Crippen molar-refractivity contribution in [3.63, 3.8) is 0 Å².